The summed E-state index contributed by atoms with van der Waals surface area (Å²) in [6.45, 7) is 8.09. The number of benzene rings is 2. The molecule has 0 bridgehead atoms. The van der Waals surface area contributed by atoms with Crippen LogP contribution in [0.5, 0.6) is 5.75 Å². The van der Waals surface area contributed by atoms with E-state index in [1.54, 1.807) is 6.07 Å². The Balaban J connectivity index is 1.75. The van der Waals surface area contributed by atoms with E-state index in [0.717, 1.165) is 24.6 Å². The molecular weight excluding hydrogens is 395 g/mol. The van der Waals surface area contributed by atoms with Crippen LogP contribution in [0.2, 0.25) is 0 Å². The Morgan fingerprint density at radius 3 is 2.28 bits per heavy atom. The average Bonchev–Trinajstić information content (AvgIpc) is 2.78. The molecule has 0 spiro atoms. The summed E-state index contributed by atoms with van der Waals surface area (Å²) in [5.41, 5.74) is 3.92. The van der Waals surface area contributed by atoms with Crippen LogP contribution in [0.3, 0.4) is 0 Å². The first-order chi connectivity index (χ1) is 15.6. The maximum Gasteiger partial charge on any atom is 0.116 e. The van der Waals surface area contributed by atoms with Crippen LogP contribution in [-0.2, 0) is 6.42 Å². The van der Waals surface area contributed by atoms with Gasteiger partial charge in [0.25, 0.3) is 0 Å². The van der Waals surface area contributed by atoms with Gasteiger partial charge in [0, 0.05) is 0 Å². The van der Waals surface area contributed by atoms with E-state index in [1.807, 2.05) is 12.1 Å². The molecule has 2 aromatic carbocycles. The van der Waals surface area contributed by atoms with Crippen LogP contribution in [0.1, 0.15) is 95.6 Å². The van der Waals surface area contributed by atoms with E-state index in [9.17, 15) is 9.50 Å². The number of phenolic OH excluding ortho intramolecular Hbond substituents is 1. The van der Waals surface area contributed by atoms with Gasteiger partial charge < -0.3 is 5.11 Å². The maximum absolute atomic E-state index is 12.2. The highest BCUT2D eigenvalue weighted by atomic mass is 19.1. The van der Waals surface area contributed by atoms with Crippen LogP contribution in [0.4, 0.5) is 4.39 Å². The number of alkyl halides is 1. The molecule has 0 aliphatic heterocycles. The molecule has 0 amide bonds. The van der Waals surface area contributed by atoms with Crippen LogP contribution < -0.4 is 0 Å². The van der Waals surface area contributed by atoms with Crippen molar-refractivity contribution >= 4 is 16.3 Å². The second kappa shape index (κ2) is 14.9. The Morgan fingerprint density at radius 1 is 0.938 bits per heavy atom. The van der Waals surface area contributed by atoms with E-state index >= 15 is 0 Å². The fourth-order valence-corrected chi connectivity index (χ4v) is 4.71. The highest BCUT2D eigenvalue weighted by Crippen LogP contribution is 2.31. The highest BCUT2D eigenvalue weighted by Gasteiger charge is 2.10. The Morgan fingerprint density at radius 2 is 1.59 bits per heavy atom. The molecule has 0 saturated heterocycles. The molecule has 0 fully saturated rings. The van der Waals surface area contributed by atoms with Crippen LogP contribution in [0, 0.1) is 5.92 Å². The second-order valence-corrected chi connectivity index (χ2v) is 9.39. The fraction of sp³-hybridized carbons (Fsp3) is 0.533. The van der Waals surface area contributed by atoms with Crippen molar-refractivity contribution < 1.29 is 9.50 Å². The highest BCUT2D eigenvalue weighted by molar-refractivity contribution is 5.91. The van der Waals surface area contributed by atoms with Gasteiger partial charge in [0.05, 0.1) is 6.67 Å². The summed E-state index contributed by atoms with van der Waals surface area (Å²) in [6.07, 6.45) is 18.4. The fourth-order valence-electron chi connectivity index (χ4n) is 4.71. The number of aromatic hydroxyl groups is 1. The van der Waals surface area contributed by atoms with Crippen molar-refractivity contribution in [1.82, 2.24) is 0 Å². The van der Waals surface area contributed by atoms with Gasteiger partial charge in [-0.1, -0.05) is 95.2 Å². The zero-order valence-corrected chi connectivity index (χ0v) is 20.3. The van der Waals surface area contributed by atoms with E-state index in [0.29, 0.717) is 11.7 Å². The van der Waals surface area contributed by atoms with Crippen LogP contribution >= 0.6 is 0 Å². The van der Waals surface area contributed by atoms with E-state index in [4.69, 9.17) is 0 Å². The van der Waals surface area contributed by atoms with Crippen molar-refractivity contribution in [3.63, 3.8) is 0 Å². The van der Waals surface area contributed by atoms with E-state index in [-0.39, 0.29) is 6.67 Å². The monoisotopic (exact) mass is 438 g/mol. The third-order valence-electron chi connectivity index (χ3n) is 6.61. The van der Waals surface area contributed by atoms with Gasteiger partial charge in [-0.05, 0) is 78.1 Å². The molecule has 0 aliphatic carbocycles. The van der Waals surface area contributed by atoms with Gasteiger partial charge in [-0.3, -0.25) is 4.39 Å². The van der Waals surface area contributed by atoms with Crippen molar-refractivity contribution in [1.29, 1.82) is 0 Å². The molecular formula is C30H43FO. The number of hydrogen-bond acceptors (Lipinski definition) is 1. The zero-order valence-electron chi connectivity index (χ0n) is 20.3. The van der Waals surface area contributed by atoms with Crippen molar-refractivity contribution in [2.45, 2.75) is 90.9 Å². The number of fused-ring (bicyclic) bond motifs is 1. The first-order valence-corrected chi connectivity index (χ1v) is 12.7. The van der Waals surface area contributed by atoms with E-state index in [1.165, 1.54) is 79.9 Å². The number of hydrogen-bond donors (Lipinski definition) is 1. The van der Waals surface area contributed by atoms with Crippen LogP contribution in [0.15, 0.2) is 49.1 Å². The summed E-state index contributed by atoms with van der Waals surface area (Å²) in [6, 6.07) is 10.0. The molecule has 176 valence electrons. The van der Waals surface area contributed by atoms with Crippen molar-refractivity contribution in [2.24, 2.45) is 5.92 Å². The third kappa shape index (κ3) is 8.81. The molecule has 1 N–H and O–H groups in total. The van der Waals surface area contributed by atoms with E-state index < -0.39 is 0 Å². The van der Waals surface area contributed by atoms with Gasteiger partial charge in [0.1, 0.15) is 5.75 Å². The number of unbranched alkanes of at least 4 members (excludes halogenated alkanes) is 7. The van der Waals surface area contributed by atoms with Crippen LogP contribution in [-0.4, -0.2) is 11.8 Å². The molecule has 0 aromatic heterocycles. The molecule has 0 radical (unpaired) electrons. The molecule has 0 heterocycles. The zero-order chi connectivity index (χ0) is 23.2. The third-order valence-corrected chi connectivity index (χ3v) is 6.61. The summed E-state index contributed by atoms with van der Waals surface area (Å²) < 4.78 is 12.2. The SMILES string of the molecule is C=C/C=C(\C)c1ccc2cc(O)ccc2c1CCCCCCCCCCC(C)CCCF. The Bertz CT molecular complexity index is 851. The van der Waals surface area contributed by atoms with E-state index in [2.05, 4.69) is 44.7 Å². The lowest BCUT2D eigenvalue weighted by atomic mass is 9.91. The molecule has 1 atom stereocenters. The van der Waals surface area contributed by atoms with Crippen molar-refractivity contribution in [3.05, 3.63) is 60.2 Å². The Kier molecular flexibility index (Phi) is 12.2. The summed E-state index contributed by atoms with van der Waals surface area (Å²) in [5, 5.41) is 12.2. The van der Waals surface area contributed by atoms with Gasteiger partial charge >= 0.3 is 0 Å². The average molecular weight is 439 g/mol. The molecule has 2 rings (SSSR count). The molecule has 0 saturated carbocycles. The minimum absolute atomic E-state index is 0.166. The number of aryl methyl sites for hydroxylation is 1. The summed E-state index contributed by atoms with van der Waals surface area (Å²) >= 11 is 0. The predicted octanol–water partition coefficient (Wildman–Crippen LogP) is 9.57. The molecule has 1 nitrogen and oxygen atoms in total. The summed E-state index contributed by atoms with van der Waals surface area (Å²) in [4.78, 5) is 0. The number of halogens is 1. The van der Waals surface area contributed by atoms with Gasteiger partial charge in [-0.25, -0.2) is 0 Å². The van der Waals surface area contributed by atoms with Crippen molar-refractivity contribution in [3.8, 4) is 5.75 Å². The molecule has 2 aromatic rings. The quantitative estimate of drug-likeness (QED) is 0.204. The minimum atomic E-state index is -0.166. The number of rotatable bonds is 16. The molecule has 32 heavy (non-hydrogen) atoms. The van der Waals surface area contributed by atoms with Gasteiger partial charge in [0.15, 0.2) is 0 Å². The Labute approximate surface area is 195 Å². The molecule has 0 aliphatic rings. The summed E-state index contributed by atoms with van der Waals surface area (Å²) in [7, 11) is 0. The van der Waals surface area contributed by atoms with Gasteiger partial charge in [-0.15, -0.1) is 0 Å². The number of allylic oxidation sites excluding steroid dienone is 3. The van der Waals surface area contributed by atoms with Gasteiger partial charge in [0.2, 0.25) is 0 Å². The van der Waals surface area contributed by atoms with Gasteiger partial charge in [-0.2, -0.15) is 0 Å². The second-order valence-electron chi connectivity index (χ2n) is 9.39. The lowest BCUT2D eigenvalue weighted by Gasteiger charge is -2.14. The smallest absolute Gasteiger partial charge is 0.116 e. The largest absolute Gasteiger partial charge is 0.508 e. The Hall–Kier alpha value is -2.09. The van der Waals surface area contributed by atoms with Crippen molar-refractivity contribution in [2.75, 3.05) is 6.67 Å². The maximum atomic E-state index is 12.2. The minimum Gasteiger partial charge on any atom is -0.508 e. The number of phenols is 1. The molecule has 1 unspecified atom stereocenters. The van der Waals surface area contributed by atoms with Crippen LogP contribution in [0.25, 0.3) is 16.3 Å². The standard InChI is InChI=1S/C30H43FO/c1-4-14-25(3)28-20-18-26-23-27(32)19-21-29(26)30(28)17-12-10-8-6-5-7-9-11-15-24(2)16-13-22-31/h4,14,18-21,23-24,32H,1,5-13,15-17,22H2,2-3H3/b25-14+. The first-order valence-electron chi connectivity index (χ1n) is 12.7. The lowest BCUT2D eigenvalue weighted by Crippen LogP contribution is -1.96. The molecule has 2 heteroatoms. The lowest BCUT2D eigenvalue weighted by molar-refractivity contribution is 0.393. The topological polar surface area (TPSA) is 20.2 Å². The predicted molar refractivity (Wildman–Crippen MR) is 139 cm³/mol. The normalized spacial score (nSPS) is 12.9. The summed E-state index contributed by atoms with van der Waals surface area (Å²) in [5.74, 6) is 1.00. The first kappa shape index (κ1) is 26.2.